The van der Waals surface area contributed by atoms with Gasteiger partial charge in [0, 0.05) is 36.9 Å². The molecular weight excluding hydrogens is 316 g/mol. The minimum absolute atomic E-state index is 0.178. The van der Waals surface area contributed by atoms with Gasteiger partial charge in [-0.15, -0.1) is 0 Å². The monoisotopic (exact) mass is 334 g/mol. The Kier molecular flexibility index (Phi) is 4.29. The van der Waals surface area contributed by atoms with Crippen LogP contribution in [0, 0.1) is 6.92 Å². The highest BCUT2D eigenvalue weighted by molar-refractivity contribution is 7.89. The van der Waals surface area contributed by atoms with Crippen LogP contribution in [0.25, 0.3) is 0 Å². The quantitative estimate of drug-likeness (QED) is 0.903. The van der Waals surface area contributed by atoms with E-state index in [0.29, 0.717) is 24.5 Å². The van der Waals surface area contributed by atoms with E-state index in [1.807, 2.05) is 6.92 Å². The second kappa shape index (κ2) is 6.23. The molecular formula is C15H18N4O3S. The van der Waals surface area contributed by atoms with Gasteiger partial charge in [-0.05, 0) is 31.2 Å². The zero-order valence-electron chi connectivity index (χ0n) is 12.7. The maximum absolute atomic E-state index is 12.7. The maximum Gasteiger partial charge on any atom is 0.244 e. The summed E-state index contributed by atoms with van der Waals surface area (Å²) in [6, 6.07) is 6.62. The van der Waals surface area contributed by atoms with Crippen LogP contribution >= 0.6 is 0 Å². The van der Waals surface area contributed by atoms with Gasteiger partial charge in [-0.25, -0.2) is 8.42 Å². The molecule has 0 radical (unpaired) electrons. The van der Waals surface area contributed by atoms with E-state index in [4.69, 9.17) is 10.5 Å². The molecule has 1 aliphatic heterocycles. The molecule has 2 aromatic heterocycles. The number of nitrogen functional groups attached to an aromatic ring is 1. The average Bonchev–Trinajstić information content (AvgIpc) is 2.55. The molecule has 23 heavy (non-hydrogen) atoms. The minimum atomic E-state index is -3.59. The van der Waals surface area contributed by atoms with Crippen molar-refractivity contribution >= 4 is 15.7 Å². The number of nitrogens with zero attached hydrogens (tertiary/aromatic N) is 3. The summed E-state index contributed by atoms with van der Waals surface area (Å²) in [7, 11) is -3.59. The molecule has 0 saturated carbocycles. The van der Waals surface area contributed by atoms with Crippen LogP contribution in [0.1, 0.15) is 17.5 Å². The van der Waals surface area contributed by atoms with Gasteiger partial charge in [0.25, 0.3) is 0 Å². The largest absolute Gasteiger partial charge is 0.399 e. The number of nitrogens with two attached hydrogens (primary N) is 1. The van der Waals surface area contributed by atoms with E-state index in [0.717, 1.165) is 5.69 Å². The standard InChI is InChI=1S/C15H18N4O3S/c1-11-7-12(16)8-14(18-11)15-10-19(5-6-22-15)23(20,21)13-3-2-4-17-9-13/h2-4,7-9,15H,5-6,10H2,1H3,(H2,16,18). The predicted octanol–water partition coefficient (Wildman–Crippen LogP) is 1.13. The van der Waals surface area contributed by atoms with E-state index >= 15 is 0 Å². The van der Waals surface area contributed by atoms with Crippen LogP contribution < -0.4 is 5.73 Å². The molecule has 1 aliphatic rings. The van der Waals surface area contributed by atoms with E-state index in [1.54, 1.807) is 24.4 Å². The first-order valence-electron chi connectivity index (χ1n) is 7.22. The lowest BCUT2D eigenvalue weighted by molar-refractivity contribution is -0.00497. The predicted molar refractivity (Wildman–Crippen MR) is 85.1 cm³/mol. The number of sulfonamides is 1. The van der Waals surface area contributed by atoms with Crippen molar-refractivity contribution in [3.63, 3.8) is 0 Å². The Hall–Kier alpha value is -2.03. The molecule has 0 aromatic carbocycles. The van der Waals surface area contributed by atoms with Crippen LogP contribution in [0.3, 0.4) is 0 Å². The smallest absolute Gasteiger partial charge is 0.244 e. The molecule has 0 amide bonds. The van der Waals surface area contributed by atoms with Crippen LogP contribution in [0.4, 0.5) is 5.69 Å². The summed E-state index contributed by atoms with van der Waals surface area (Å²) >= 11 is 0. The zero-order valence-corrected chi connectivity index (χ0v) is 13.5. The van der Waals surface area contributed by atoms with Crippen LogP contribution in [-0.2, 0) is 14.8 Å². The summed E-state index contributed by atoms with van der Waals surface area (Å²) in [5, 5.41) is 0. The fourth-order valence-corrected chi connectivity index (χ4v) is 3.95. The zero-order chi connectivity index (χ0) is 16.4. The highest BCUT2D eigenvalue weighted by Crippen LogP contribution is 2.26. The van der Waals surface area contributed by atoms with Crippen LogP contribution in [0.2, 0.25) is 0 Å². The fraction of sp³-hybridized carbons (Fsp3) is 0.333. The summed E-state index contributed by atoms with van der Waals surface area (Å²) in [4.78, 5) is 8.47. The number of morpholine rings is 1. The summed E-state index contributed by atoms with van der Waals surface area (Å²) in [5.74, 6) is 0. The molecule has 1 fully saturated rings. The third-order valence-electron chi connectivity index (χ3n) is 3.63. The first-order valence-corrected chi connectivity index (χ1v) is 8.66. The van der Waals surface area contributed by atoms with Crippen LogP contribution in [0.15, 0.2) is 41.6 Å². The molecule has 0 bridgehead atoms. The molecule has 122 valence electrons. The van der Waals surface area contributed by atoms with Gasteiger partial charge < -0.3 is 10.5 Å². The van der Waals surface area contributed by atoms with Gasteiger partial charge in [-0.3, -0.25) is 9.97 Å². The summed E-state index contributed by atoms with van der Waals surface area (Å²) in [6.07, 6.45) is 2.46. The van der Waals surface area contributed by atoms with E-state index in [9.17, 15) is 8.42 Å². The summed E-state index contributed by atoms with van der Waals surface area (Å²) < 4.78 is 32.5. The Morgan fingerprint density at radius 1 is 1.39 bits per heavy atom. The van der Waals surface area contributed by atoms with Gasteiger partial charge in [0.1, 0.15) is 11.0 Å². The number of hydrogen-bond donors (Lipinski definition) is 1. The van der Waals surface area contributed by atoms with Gasteiger partial charge in [0.2, 0.25) is 10.0 Å². The van der Waals surface area contributed by atoms with Crippen molar-refractivity contribution in [2.45, 2.75) is 17.9 Å². The summed E-state index contributed by atoms with van der Waals surface area (Å²) in [5.41, 5.74) is 7.85. The van der Waals surface area contributed by atoms with E-state index in [-0.39, 0.29) is 11.4 Å². The number of ether oxygens (including phenoxy) is 1. The van der Waals surface area contributed by atoms with Gasteiger partial charge in [-0.1, -0.05) is 0 Å². The first kappa shape index (κ1) is 15.9. The number of anilines is 1. The molecule has 2 N–H and O–H groups in total. The third kappa shape index (κ3) is 3.34. The molecule has 1 atom stereocenters. The second-order valence-corrected chi connectivity index (χ2v) is 7.32. The second-order valence-electron chi connectivity index (χ2n) is 5.38. The average molecular weight is 334 g/mol. The van der Waals surface area contributed by atoms with Crippen molar-refractivity contribution in [3.8, 4) is 0 Å². The van der Waals surface area contributed by atoms with Crippen molar-refractivity contribution < 1.29 is 13.2 Å². The van der Waals surface area contributed by atoms with Gasteiger partial charge in [0.05, 0.1) is 12.3 Å². The first-order chi connectivity index (χ1) is 11.0. The Labute approximate surface area is 135 Å². The molecule has 2 aromatic rings. The lowest BCUT2D eigenvalue weighted by Gasteiger charge is -2.32. The Bertz CT molecular complexity index is 775. The van der Waals surface area contributed by atoms with Crippen LogP contribution in [-0.4, -0.2) is 42.4 Å². The topological polar surface area (TPSA) is 98.4 Å². The Balaban J connectivity index is 1.86. The number of hydrogen-bond acceptors (Lipinski definition) is 6. The molecule has 1 saturated heterocycles. The Morgan fingerprint density at radius 2 is 2.22 bits per heavy atom. The highest BCUT2D eigenvalue weighted by atomic mass is 32.2. The van der Waals surface area contributed by atoms with Crippen LogP contribution in [0.5, 0.6) is 0 Å². The van der Waals surface area contributed by atoms with E-state index in [2.05, 4.69) is 9.97 Å². The highest BCUT2D eigenvalue weighted by Gasteiger charge is 2.32. The van der Waals surface area contributed by atoms with Crippen molar-refractivity contribution in [1.82, 2.24) is 14.3 Å². The SMILES string of the molecule is Cc1cc(N)cc(C2CN(S(=O)(=O)c3cccnc3)CCO2)n1. The van der Waals surface area contributed by atoms with Gasteiger partial charge in [-0.2, -0.15) is 4.31 Å². The Morgan fingerprint density at radius 3 is 2.91 bits per heavy atom. The number of aromatic nitrogens is 2. The molecule has 0 aliphatic carbocycles. The molecule has 7 nitrogen and oxygen atoms in total. The molecule has 8 heteroatoms. The summed E-state index contributed by atoms with van der Waals surface area (Å²) in [6.45, 7) is 2.65. The van der Waals surface area contributed by atoms with Crippen molar-refractivity contribution in [1.29, 1.82) is 0 Å². The lowest BCUT2D eigenvalue weighted by Crippen LogP contribution is -2.42. The normalized spacial score (nSPS) is 19.6. The number of aryl methyl sites for hydroxylation is 1. The van der Waals surface area contributed by atoms with Crippen molar-refractivity contribution in [3.05, 3.63) is 48.0 Å². The third-order valence-corrected chi connectivity index (χ3v) is 5.48. The van der Waals surface area contributed by atoms with Gasteiger partial charge >= 0.3 is 0 Å². The minimum Gasteiger partial charge on any atom is -0.399 e. The number of rotatable bonds is 3. The van der Waals surface area contributed by atoms with E-state index < -0.39 is 16.1 Å². The molecule has 1 unspecified atom stereocenters. The maximum atomic E-state index is 12.7. The lowest BCUT2D eigenvalue weighted by atomic mass is 10.2. The van der Waals surface area contributed by atoms with E-state index in [1.165, 1.54) is 16.6 Å². The fourth-order valence-electron chi connectivity index (χ4n) is 2.56. The molecule has 3 heterocycles. The molecule has 3 rings (SSSR count). The van der Waals surface area contributed by atoms with Crippen molar-refractivity contribution in [2.24, 2.45) is 0 Å². The van der Waals surface area contributed by atoms with Gasteiger partial charge in [0.15, 0.2) is 0 Å². The van der Waals surface area contributed by atoms with Crippen molar-refractivity contribution in [2.75, 3.05) is 25.4 Å². The molecule has 0 spiro atoms. The number of pyridine rings is 2.